The number of hydrogen-bond donors (Lipinski definition) is 3. The van der Waals surface area contributed by atoms with E-state index in [4.69, 9.17) is 9.90 Å². The van der Waals surface area contributed by atoms with Gasteiger partial charge in [0.15, 0.2) is 0 Å². The minimum atomic E-state index is -5.08. The van der Waals surface area contributed by atoms with E-state index in [9.17, 15) is 27.9 Å². The number of nitrogens with zero attached hydrogens (tertiary/aromatic N) is 1. The molecule has 1 aromatic carbocycles. The number of rotatable bonds is 9. The molecule has 0 aliphatic rings. The Bertz CT molecular complexity index is 1120. The molecule has 2 heterocycles. The predicted octanol–water partition coefficient (Wildman–Crippen LogP) is 6.20. The Morgan fingerprint density at radius 3 is 2.20 bits per heavy atom. The minimum Gasteiger partial charge on any atom is -0.478 e. The zero-order valence-corrected chi connectivity index (χ0v) is 20.2. The van der Waals surface area contributed by atoms with E-state index in [-0.39, 0.29) is 11.5 Å². The van der Waals surface area contributed by atoms with E-state index in [1.165, 1.54) is 22.3 Å². The Morgan fingerprint density at radius 1 is 1.03 bits per heavy atom. The molecule has 0 unspecified atom stereocenters. The van der Waals surface area contributed by atoms with Gasteiger partial charge in [-0.25, -0.2) is 9.59 Å². The monoisotopic (exact) mass is 528 g/mol. The highest BCUT2D eigenvalue weighted by molar-refractivity contribution is 7.12. The number of hydrogen-bond acceptors (Lipinski definition) is 6. The summed E-state index contributed by atoms with van der Waals surface area (Å²) in [5.41, 5.74) is 1.34. The molecule has 1 amide bonds. The molecule has 3 rings (SSSR count). The van der Waals surface area contributed by atoms with Crippen LogP contribution >= 0.6 is 22.7 Å². The van der Waals surface area contributed by atoms with E-state index < -0.39 is 18.1 Å². The van der Waals surface area contributed by atoms with Crippen LogP contribution in [0.15, 0.2) is 53.2 Å². The van der Waals surface area contributed by atoms with Crippen LogP contribution in [-0.2, 0) is 11.3 Å². The number of amides is 1. The lowest BCUT2D eigenvalue weighted by atomic mass is 10.1. The van der Waals surface area contributed by atoms with Gasteiger partial charge in [-0.3, -0.25) is 4.79 Å². The van der Waals surface area contributed by atoms with Crippen molar-refractivity contribution in [3.8, 4) is 0 Å². The number of anilines is 2. The van der Waals surface area contributed by atoms with Crippen LogP contribution in [0.25, 0.3) is 0 Å². The second-order valence-electron chi connectivity index (χ2n) is 7.13. The largest absolute Gasteiger partial charge is 0.490 e. The lowest BCUT2D eigenvalue weighted by molar-refractivity contribution is -0.192. The van der Waals surface area contributed by atoms with E-state index in [1.54, 1.807) is 29.5 Å². The third-order valence-corrected chi connectivity index (χ3v) is 6.25. The van der Waals surface area contributed by atoms with Crippen LogP contribution in [0.1, 0.15) is 44.7 Å². The van der Waals surface area contributed by atoms with Crippen molar-refractivity contribution in [2.45, 2.75) is 32.5 Å². The molecule has 0 radical (unpaired) electrons. The topological polar surface area (TPSA) is 107 Å². The third kappa shape index (κ3) is 8.72. The standard InChI is InChI=1S/C21H22N2O3S2.C2HF3O2/c1-2-3-10-23(14-16-6-4-11-27-16)18-9-8-15(13-17(18)21(25)26)22-20(24)19-7-5-12-28-19;3-2(4,5)1(6)7/h4-9,11-13H,2-3,10,14H2,1H3,(H,22,24)(H,25,26);(H,6,7). The molecular weight excluding hydrogens is 505 g/mol. The van der Waals surface area contributed by atoms with E-state index >= 15 is 0 Å². The summed E-state index contributed by atoms with van der Waals surface area (Å²) >= 11 is 3.00. The molecule has 3 aromatic rings. The Balaban J connectivity index is 0.000000540. The predicted molar refractivity (Wildman–Crippen MR) is 130 cm³/mol. The number of nitrogens with one attached hydrogen (secondary N) is 1. The second-order valence-corrected chi connectivity index (χ2v) is 9.11. The van der Waals surface area contributed by atoms with Gasteiger partial charge in [0.25, 0.3) is 5.91 Å². The number of carboxylic acids is 2. The molecule has 0 spiro atoms. The normalized spacial score (nSPS) is 10.7. The molecule has 35 heavy (non-hydrogen) atoms. The van der Waals surface area contributed by atoms with Gasteiger partial charge in [-0.05, 0) is 47.5 Å². The summed E-state index contributed by atoms with van der Waals surface area (Å²) in [7, 11) is 0. The van der Waals surface area contributed by atoms with Gasteiger partial charge in [0.05, 0.1) is 22.7 Å². The first-order valence-corrected chi connectivity index (χ1v) is 12.1. The SMILES string of the molecule is CCCCN(Cc1cccs1)c1ccc(NC(=O)c2cccs2)cc1C(=O)O.O=C(O)C(F)(F)F. The maximum atomic E-state index is 12.3. The van der Waals surface area contributed by atoms with Crippen LogP contribution in [0.4, 0.5) is 24.5 Å². The summed E-state index contributed by atoms with van der Waals surface area (Å²) in [5.74, 6) is -4.00. The lowest BCUT2D eigenvalue weighted by Crippen LogP contribution is -2.25. The fourth-order valence-electron chi connectivity index (χ4n) is 2.89. The highest BCUT2D eigenvalue weighted by Gasteiger charge is 2.38. The smallest absolute Gasteiger partial charge is 0.478 e. The third-order valence-electron chi connectivity index (χ3n) is 4.52. The van der Waals surface area contributed by atoms with Crippen molar-refractivity contribution < 1.29 is 37.8 Å². The zero-order chi connectivity index (χ0) is 26.0. The van der Waals surface area contributed by atoms with Gasteiger partial charge in [-0.1, -0.05) is 25.5 Å². The second kappa shape index (κ2) is 12.9. The summed E-state index contributed by atoms with van der Waals surface area (Å²) in [6.45, 7) is 3.55. The summed E-state index contributed by atoms with van der Waals surface area (Å²) in [4.78, 5) is 37.0. The summed E-state index contributed by atoms with van der Waals surface area (Å²) < 4.78 is 31.7. The number of alkyl halides is 3. The van der Waals surface area contributed by atoms with E-state index in [0.717, 1.165) is 19.4 Å². The lowest BCUT2D eigenvalue weighted by Gasteiger charge is -2.26. The minimum absolute atomic E-state index is 0.191. The molecule has 0 aliphatic carbocycles. The number of benzene rings is 1. The Morgan fingerprint density at radius 2 is 1.69 bits per heavy atom. The molecule has 0 atom stereocenters. The Kier molecular flexibility index (Phi) is 10.3. The average molecular weight is 529 g/mol. The molecule has 3 N–H and O–H groups in total. The first kappa shape index (κ1) is 27.9. The fraction of sp³-hybridized carbons (Fsp3) is 0.261. The fourth-order valence-corrected chi connectivity index (χ4v) is 4.22. The van der Waals surface area contributed by atoms with Gasteiger partial charge >= 0.3 is 18.1 Å². The van der Waals surface area contributed by atoms with E-state index in [2.05, 4.69) is 23.2 Å². The number of carboxylic acid groups (broad SMARTS) is 2. The number of aromatic carboxylic acids is 1. The van der Waals surface area contributed by atoms with Gasteiger partial charge in [-0.2, -0.15) is 13.2 Å². The number of thiophene rings is 2. The van der Waals surface area contributed by atoms with Crippen LogP contribution in [0.3, 0.4) is 0 Å². The average Bonchev–Trinajstić information content (AvgIpc) is 3.51. The van der Waals surface area contributed by atoms with Crippen molar-refractivity contribution in [2.75, 3.05) is 16.8 Å². The maximum Gasteiger partial charge on any atom is 0.490 e. The molecule has 0 aliphatic heterocycles. The summed E-state index contributed by atoms with van der Waals surface area (Å²) in [6.07, 6.45) is -3.08. The molecule has 7 nitrogen and oxygen atoms in total. The number of aliphatic carboxylic acids is 1. The van der Waals surface area contributed by atoms with Gasteiger partial charge in [0.1, 0.15) is 0 Å². The van der Waals surface area contributed by atoms with Gasteiger partial charge in [-0.15, -0.1) is 22.7 Å². The molecule has 12 heteroatoms. The first-order chi connectivity index (χ1) is 16.5. The molecule has 0 fully saturated rings. The van der Waals surface area contributed by atoms with E-state index in [0.29, 0.717) is 22.8 Å². The first-order valence-electron chi connectivity index (χ1n) is 10.3. The zero-order valence-electron chi connectivity index (χ0n) is 18.5. The van der Waals surface area contributed by atoms with E-state index in [1.807, 2.05) is 22.9 Å². The van der Waals surface area contributed by atoms with Gasteiger partial charge in [0, 0.05) is 17.1 Å². The quantitative estimate of drug-likeness (QED) is 0.305. The van der Waals surface area contributed by atoms with Crippen molar-refractivity contribution in [2.24, 2.45) is 0 Å². The number of halogens is 3. The van der Waals surface area contributed by atoms with Crippen molar-refractivity contribution in [3.05, 3.63) is 68.5 Å². The maximum absolute atomic E-state index is 12.3. The summed E-state index contributed by atoms with van der Waals surface area (Å²) in [6, 6.07) is 12.7. The number of unbranched alkanes of at least 4 members (excludes halogenated alkanes) is 1. The Labute approximate surface area is 207 Å². The highest BCUT2D eigenvalue weighted by Crippen LogP contribution is 2.28. The van der Waals surface area contributed by atoms with Crippen molar-refractivity contribution in [1.82, 2.24) is 0 Å². The number of carbonyl (C=O) groups is 3. The number of carbonyl (C=O) groups excluding carboxylic acids is 1. The highest BCUT2D eigenvalue weighted by atomic mass is 32.1. The summed E-state index contributed by atoms with van der Waals surface area (Å²) in [5, 5.41) is 23.5. The molecule has 0 bridgehead atoms. The van der Waals surface area contributed by atoms with Gasteiger partial charge in [0.2, 0.25) is 0 Å². The Hall–Kier alpha value is -3.38. The van der Waals surface area contributed by atoms with Crippen molar-refractivity contribution in [1.29, 1.82) is 0 Å². The van der Waals surface area contributed by atoms with Crippen molar-refractivity contribution in [3.63, 3.8) is 0 Å². The molecule has 0 saturated heterocycles. The molecular formula is C23H23F3N2O5S2. The van der Waals surface area contributed by atoms with Crippen LogP contribution in [0, 0.1) is 0 Å². The molecule has 0 saturated carbocycles. The van der Waals surface area contributed by atoms with Crippen molar-refractivity contribution >= 4 is 51.9 Å². The van der Waals surface area contributed by atoms with Crippen LogP contribution in [0.5, 0.6) is 0 Å². The molecule has 2 aromatic heterocycles. The molecule has 188 valence electrons. The van der Waals surface area contributed by atoms with Gasteiger partial charge < -0.3 is 20.4 Å². The van der Waals surface area contributed by atoms with Crippen LogP contribution in [0.2, 0.25) is 0 Å². The van der Waals surface area contributed by atoms with Crippen LogP contribution in [-0.4, -0.2) is 40.8 Å². The van der Waals surface area contributed by atoms with Crippen LogP contribution < -0.4 is 10.2 Å².